The molecule has 0 radical (unpaired) electrons. The number of hydrogen-bond donors (Lipinski definition) is 0. The van der Waals surface area contributed by atoms with Crippen LogP contribution in [0.3, 0.4) is 0 Å². The predicted molar refractivity (Wildman–Crippen MR) is 93.5 cm³/mol. The number of aromatic nitrogens is 1. The van der Waals surface area contributed by atoms with E-state index in [4.69, 9.17) is 11.6 Å². The third kappa shape index (κ3) is 1.90. The van der Waals surface area contributed by atoms with Crippen molar-refractivity contribution >= 4 is 49.3 Å². The van der Waals surface area contributed by atoms with E-state index >= 15 is 0 Å². The van der Waals surface area contributed by atoms with E-state index in [2.05, 4.69) is 69.0 Å². The summed E-state index contributed by atoms with van der Waals surface area (Å²) in [5.74, 6) is 0. The van der Waals surface area contributed by atoms with Gasteiger partial charge in [-0.1, -0.05) is 54.1 Å². The molecular weight excluding hydrogens is 346 g/mol. The highest BCUT2D eigenvalue weighted by atomic mass is 79.9. The fraction of sp³-hybridized carbons (Fsp3) is 0. The van der Waals surface area contributed by atoms with Gasteiger partial charge < -0.3 is 4.57 Å². The van der Waals surface area contributed by atoms with Gasteiger partial charge in [-0.3, -0.25) is 0 Å². The summed E-state index contributed by atoms with van der Waals surface area (Å²) in [7, 11) is 0. The van der Waals surface area contributed by atoms with Gasteiger partial charge in [0, 0.05) is 15.2 Å². The smallest absolute Gasteiger partial charge is 0.0790 e. The maximum Gasteiger partial charge on any atom is 0.0790 e. The molecule has 1 nitrogen and oxygen atoms in total. The van der Waals surface area contributed by atoms with E-state index in [1.165, 1.54) is 10.8 Å². The van der Waals surface area contributed by atoms with Gasteiger partial charge in [0.15, 0.2) is 0 Å². The van der Waals surface area contributed by atoms with Crippen LogP contribution in [0, 0.1) is 0 Å². The van der Waals surface area contributed by atoms with Crippen LogP contribution in [-0.4, -0.2) is 4.57 Å². The van der Waals surface area contributed by atoms with Gasteiger partial charge in [0.05, 0.1) is 21.7 Å². The standard InChI is InChI=1S/C18H11BrClN/c19-14-8-5-9-15(20)18(14)21-16-10-3-1-6-12(16)13-7-2-4-11-17(13)21/h1-11H. The zero-order valence-corrected chi connectivity index (χ0v) is 13.4. The quantitative estimate of drug-likeness (QED) is 0.382. The number of rotatable bonds is 1. The van der Waals surface area contributed by atoms with Crippen LogP contribution in [0.15, 0.2) is 71.2 Å². The second kappa shape index (κ2) is 4.90. The van der Waals surface area contributed by atoms with Crippen LogP contribution in [0.5, 0.6) is 0 Å². The van der Waals surface area contributed by atoms with Crippen LogP contribution in [0.1, 0.15) is 0 Å². The van der Waals surface area contributed by atoms with Crippen LogP contribution in [0.4, 0.5) is 0 Å². The van der Waals surface area contributed by atoms with Crippen LogP contribution >= 0.6 is 27.5 Å². The number of benzene rings is 3. The van der Waals surface area contributed by atoms with E-state index in [1.54, 1.807) is 0 Å². The van der Waals surface area contributed by atoms with E-state index in [0.29, 0.717) is 0 Å². The average Bonchev–Trinajstić information content (AvgIpc) is 2.83. The Hall–Kier alpha value is -1.77. The monoisotopic (exact) mass is 355 g/mol. The summed E-state index contributed by atoms with van der Waals surface area (Å²) < 4.78 is 3.21. The predicted octanol–water partition coefficient (Wildman–Crippen LogP) is 6.20. The highest BCUT2D eigenvalue weighted by Gasteiger charge is 2.15. The van der Waals surface area contributed by atoms with Crippen molar-refractivity contribution in [3.8, 4) is 5.69 Å². The second-order valence-corrected chi connectivity index (χ2v) is 6.20. The van der Waals surface area contributed by atoms with Gasteiger partial charge in [-0.05, 0) is 40.2 Å². The van der Waals surface area contributed by atoms with Crippen molar-refractivity contribution in [1.82, 2.24) is 4.57 Å². The Morgan fingerprint density at radius 1 is 0.714 bits per heavy atom. The molecular formula is C18H11BrClN. The van der Waals surface area contributed by atoms with Gasteiger partial charge >= 0.3 is 0 Å². The van der Waals surface area contributed by atoms with Crippen molar-refractivity contribution in [2.75, 3.05) is 0 Å². The number of fused-ring (bicyclic) bond motifs is 3. The van der Waals surface area contributed by atoms with E-state index in [-0.39, 0.29) is 0 Å². The molecule has 0 saturated heterocycles. The Kier molecular flexibility index (Phi) is 3.02. The van der Waals surface area contributed by atoms with Gasteiger partial charge in [-0.2, -0.15) is 0 Å². The average molecular weight is 357 g/mol. The molecule has 4 aromatic rings. The lowest BCUT2D eigenvalue weighted by Crippen LogP contribution is -1.96. The molecule has 0 spiro atoms. The third-order valence-electron chi connectivity index (χ3n) is 3.74. The van der Waals surface area contributed by atoms with Gasteiger partial charge in [-0.15, -0.1) is 0 Å². The molecule has 3 aromatic carbocycles. The first kappa shape index (κ1) is 12.9. The highest BCUT2D eigenvalue weighted by Crippen LogP contribution is 2.37. The minimum Gasteiger partial charge on any atom is -0.307 e. The molecule has 0 atom stereocenters. The minimum atomic E-state index is 0.732. The largest absolute Gasteiger partial charge is 0.307 e. The first-order chi connectivity index (χ1) is 10.3. The Labute approximate surface area is 135 Å². The Bertz CT molecular complexity index is 898. The summed E-state index contributed by atoms with van der Waals surface area (Å²) in [6.45, 7) is 0. The number of para-hydroxylation sites is 3. The lowest BCUT2D eigenvalue weighted by Gasteiger charge is -2.11. The topological polar surface area (TPSA) is 4.93 Å². The molecule has 102 valence electrons. The molecule has 0 aliphatic carbocycles. The van der Waals surface area contributed by atoms with E-state index in [1.807, 2.05) is 18.2 Å². The van der Waals surface area contributed by atoms with Crippen LogP contribution in [0.25, 0.3) is 27.5 Å². The summed E-state index contributed by atoms with van der Waals surface area (Å²) >= 11 is 10.1. The SMILES string of the molecule is Clc1cccc(Br)c1-n1c2ccccc2c2ccccc21. The zero-order valence-electron chi connectivity index (χ0n) is 11.1. The molecule has 1 aromatic heterocycles. The minimum absolute atomic E-state index is 0.732. The molecule has 0 saturated carbocycles. The molecule has 0 unspecified atom stereocenters. The Balaban J connectivity index is 2.26. The fourth-order valence-corrected chi connectivity index (χ4v) is 3.78. The van der Waals surface area contributed by atoms with Crippen molar-refractivity contribution in [3.05, 3.63) is 76.2 Å². The zero-order chi connectivity index (χ0) is 14.4. The van der Waals surface area contributed by atoms with E-state index < -0.39 is 0 Å². The molecule has 0 amide bonds. The molecule has 4 rings (SSSR count). The van der Waals surface area contributed by atoms with Crippen LogP contribution in [0.2, 0.25) is 5.02 Å². The van der Waals surface area contributed by atoms with Crippen LogP contribution < -0.4 is 0 Å². The molecule has 0 aliphatic heterocycles. The fourth-order valence-electron chi connectivity index (χ4n) is 2.87. The van der Waals surface area contributed by atoms with Crippen molar-refractivity contribution in [1.29, 1.82) is 0 Å². The van der Waals surface area contributed by atoms with Crippen molar-refractivity contribution in [2.45, 2.75) is 0 Å². The molecule has 21 heavy (non-hydrogen) atoms. The highest BCUT2D eigenvalue weighted by molar-refractivity contribution is 9.10. The number of nitrogens with zero attached hydrogens (tertiary/aromatic N) is 1. The van der Waals surface area contributed by atoms with Crippen molar-refractivity contribution in [2.24, 2.45) is 0 Å². The Morgan fingerprint density at radius 3 is 1.86 bits per heavy atom. The van der Waals surface area contributed by atoms with Gasteiger partial charge in [0.25, 0.3) is 0 Å². The second-order valence-electron chi connectivity index (χ2n) is 4.94. The first-order valence-electron chi connectivity index (χ1n) is 6.70. The van der Waals surface area contributed by atoms with Gasteiger partial charge in [-0.25, -0.2) is 0 Å². The van der Waals surface area contributed by atoms with E-state index in [9.17, 15) is 0 Å². The molecule has 1 heterocycles. The lowest BCUT2D eigenvalue weighted by atomic mass is 10.2. The first-order valence-corrected chi connectivity index (χ1v) is 7.87. The third-order valence-corrected chi connectivity index (χ3v) is 4.69. The summed E-state index contributed by atoms with van der Waals surface area (Å²) in [6, 6.07) is 22.7. The summed E-state index contributed by atoms with van der Waals surface area (Å²) in [5.41, 5.74) is 3.30. The van der Waals surface area contributed by atoms with Crippen molar-refractivity contribution in [3.63, 3.8) is 0 Å². The summed E-state index contributed by atoms with van der Waals surface area (Å²) in [4.78, 5) is 0. The molecule has 0 aliphatic rings. The van der Waals surface area contributed by atoms with E-state index in [0.717, 1.165) is 26.2 Å². The van der Waals surface area contributed by atoms with Gasteiger partial charge in [0.1, 0.15) is 0 Å². The van der Waals surface area contributed by atoms with Crippen molar-refractivity contribution < 1.29 is 0 Å². The Morgan fingerprint density at radius 2 is 1.29 bits per heavy atom. The number of hydrogen-bond acceptors (Lipinski definition) is 0. The molecule has 0 N–H and O–H groups in total. The van der Waals surface area contributed by atoms with Gasteiger partial charge in [0.2, 0.25) is 0 Å². The molecule has 0 fully saturated rings. The maximum absolute atomic E-state index is 6.47. The molecule has 0 bridgehead atoms. The summed E-state index contributed by atoms with van der Waals surface area (Å²) in [5, 5.41) is 3.20. The summed E-state index contributed by atoms with van der Waals surface area (Å²) in [6.07, 6.45) is 0. The normalized spacial score (nSPS) is 11.3. The number of halogens is 2. The maximum atomic E-state index is 6.47. The van der Waals surface area contributed by atoms with Crippen LogP contribution in [-0.2, 0) is 0 Å². The molecule has 3 heteroatoms. The lowest BCUT2D eigenvalue weighted by molar-refractivity contribution is 1.17.